The summed E-state index contributed by atoms with van der Waals surface area (Å²) in [5.74, 6) is -5.99. The van der Waals surface area contributed by atoms with Gasteiger partial charge in [0.2, 0.25) is 17.7 Å². The van der Waals surface area contributed by atoms with Crippen molar-refractivity contribution in [3.63, 3.8) is 0 Å². The van der Waals surface area contributed by atoms with E-state index in [0.29, 0.717) is 72.6 Å². The molecule has 0 radical (unpaired) electrons. The molecular weight excluding hydrogens is 1350 g/mol. The van der Waals surface area contributed by atoms with Gasteiger partial charge in [0.05, 0.1) is 37.1 Å². The van der Waals surface area contributed by atoms with Crippen LogP contribution in [-0.2, 0) is 84.5 Å². The molecule has 4 aromatic rings. The summed E-state index contributed by atoms with van der Waals surface area (Å²) in [6.07, 6.45) is 5.01. The molecule has 4 aromatic carbocycles. The summed E-state index contributed by atoms with van der Waals surface area (Å²) >= 11 is 0. The number of carboxylic acid groups (broad SMARTS) is 1. The van der Waals surface area contributed by atoms with Crippen LogP contribution < -0.4 is 36.0 Å². The largest absolute Gasteiger partial charge is 0.481 e. The summed E-state index contributed by atoms with van der Waals surface area (Å²) in [5.41, 5.74) is -0.189. The minimum atomic E-state index is -4.35. The molecule has 1 spiro atoms. The maximum Gasteiger partial charge on any atom is 0.410 e. The number of carboxylic acids is 1. The van der Waals surface area contributed by atoms with E-state index in [1.54, 1.807) is 60.7 Å². The summed E-state index contributed by atoms with van der Waals surface area (Å²) < 4.78 is 98.3. The summed E-state index contributed by atoms with van der Waals surface area (Å²) in [6, 6.07) is 20.0. The van der Waals surface area contributed by atoms with Crippen LogP contribution in [0.15, 0.2) is 120 Å². The molecule has 7 aliphatic rings. The van der Waals surface area contributed by atoms with Gasteiger partial charge in [-0.15, -0.1) is 13.2 Å². The van der Waals surface area contributed by atoms with Crippen molar-refractivity contribution in [1.82, 2.24) is 49.9 Å². The van der Waals surface area contributed by atoms with E-state index in [1.165, 1.54) is 51.1 Å². The normalized spacial score (nSPS) is 24.9. The van der Waals surface area contributed by atoms with Gasteiger partial charge < -0.3 is 55.9 Å². The van der Waals surface area contributed by atoms with Crippen LogP contribution in [0.2, 0.25) is 0 Å². The SMILES string of the molecule is C=C[C@@H]1C[C@@]12NC(=O)[C@@H]1C[C@@H](OC(=O)N3Cc4cccc(F)c4C3)CN1C(=O)CCCN(C)CCCCNc1ccccc1S(=O)(=O)NC2=O.C=C[C@@H]1C[C@]1(NC(=O)[C@@H]1C[C@@H](OC(=O)N2Cc3cccc(F)c3C2)CN1)C(=O)NS(=O)(=O)c1ccccc1NCCCCN(C)CCCC(=O)O. The van der Waals surface area contributed by atoms with E-state index in [-0.39, 0.29) is 99.3 Å². The third-order valence-electron chi connectivity index (χ3n) is 19.5. The van der Waals surface area contributed by atoms with E-state index < -0.39 is 115 Å². The van der Waals surface area contributed by atoms with Crippen LogP contribution in [0, 0.1) is 23.5 Å². The number of benzene rings is 4. The van der Waals surface area contributed by atoms with Crippen molar-refractivity contribution in [2.45, 2.75) is 148 Å². The van der Waals surface area contributed by atoms with Crippen LogP contribution >= 0.6 is 0 Å². The zero-order valence-electron chi connectivity index (χ0n) is 56.6. The number of carbonyl (C=O) groups excluding carboxylic acids is 7. The fourth-order valence-electron chi connectivity index (χ4n) is 13.6. The zero-order valence-corrected chi connectivity index (χ0v) is 58.2. The van der Waals surface area contributed by atoms with E-state index in [1.807, 2.05) is 14.1 Å². The molecule has 7 amide bonds. The first-order valence-corrected chi connectivity index (χ1v) is 37.0. The van der Waals surface area contributed by atoms with Gasteiger partial charge >= 0.3 is 18.2 Å². The molecule has 8 N–H and O–H groups in total. The lowest BCUT2D eigenvalue weighted by Crippen LogP contribution is -2.56. The number of halogens is 2. The Hall–Kier alpha value is -9.04. The number of amides is 7. The standard InChI is InChI=1S/C35H45FN6O8S.C35H43FN6O7S/c1-3-24-19-35(24,39-32(45)29-18-25(20-38-29)50-34(47)42-21-23-10-8-11-27(36)26(23)22-42)33(46)40-51(48,49)30-13-5-4-12-28(30)37-15-6-7-16-41(2)17-9-14-31(43)44;1-3-24-19-35(24)33(45)39-50(47,48)30-13-5-4-12-28(30)37-15-6-7-16-40(2)17-9-14-31(43)42-21-25(18-29(42)32(44)38-35)49-34(46)41-20-23-10-8-11-27(36)26(23)22-41/h3-5,8,10-13,24-25,29,37-38H,1,6-7,9,14-22H2,2H3,(H,39,45)(H,40,46)(H,43,44);3-5,8,10-13,24-25,29,37H,1,6-7,9,14-22H2,2H3,(H,38,44)(H,39,45)/t2*24-,25-,29+,35-/m11/s1. The fraction of sp³-hybridized carbons (Fsp3) is 0.486. The lowest BCUT2D eigenvalue weighted by atomic mass is 10.1. The lowest BCUT2D eigenvalue weighted by Gasteiger charge is -2.27. The highest BCUT2D eigenvalue weighted by atomic mass is 32.2. The molecule has 8 atom stereocenters. The molecule has 27 nitrogen and oxygen atoms in total. The first-order chi connectivity index (χ1) is 48.2. The minimum absolute atomic E-state index is 0.0356. The zero-order chi connectivity index (χ0) is 72.4. The Labute approximate surface area is 586 Å². The number of para-hydroxylation sites is 2. The number of carbonyl (C=O) groups is 8. The van der Waals surface area contributed by atoms with Crippen molar-refractivity contribution >= 4 is 79.1 Å². The molecule has 2 saturated carbocycles. The smallest absolute Gasteiger partial charge is 0.410 e. The predicted molar refractivity (Wildman–Crippen MR) is 367 cm³/mol. The van der Waals surface area contributed by atoms with Gasteiger partial charge in [-0.2, -0.15) is 0 Å². The Kier molecular flexibility index (Phi) is 23.9. The quantitative estimate of drug-likeness (QED) is 0.0436. The molecule has 31 heteroatoms. The highest BCUT2D eigenvalue weighted by Gasteiger charge is 2.63. The fourth-order valence-corrected chi connectivity index (χ4v) is 16.0. The van der Waals surface area contributed by atoms with Crippen molar-refractivity contribution < 1.29 is 78.6 Å². The van der Waals surface area contributed by atoms with E-state index in [9.17, 15) is 64.0 Å². The first-order valence-electron chi connectivity index (χ1n) is 34.0. The number of ether oxygens (including phenoxy) is 2. The average Bonchev–Trinajstić information content (AvgIpc) is 1.58. The van der Waals surface area contributed by atoms with E-state index >= 15 is 0 Å². The van der Waals surface area contributed by atoms with Crippen LogP contribution in [0.1, 0.15) is 99.3 Å². The van der Waals surface area contributed by atoms with Crippen molar-refractivity contribution in [1.29, 1.82) is 0 Å². The van der Waals surface area contributed by atoms with Crippen LogP contribution in [0.4, 0.5) is 29.7 Å². The van der Waals surface area contributed by atoms with Gasteiger partial charge in [0.1, 0.15) is 50.8 Å². The topological polar surface area (TPSA) is 344 Å². The maximum atomic E-state index is 14.3. The van der Waals surface area contributed by atoms with Crippen molar-refractivity contribution in [3.05, 3.63) is 144 Å². The predicted octanol–water partition coefficient (Wildman–Crippen LogP) is 5.29. The van der Waals surface area contributed by atoms with Crippen molar-refractivity contribution in [2.75, 3.05) is 77.1 Å². The number of fused-ring (bicyclic) bond motifs is 4. The van der Waals surface area contributed by atoms with Gasteiger partial charge in [-0.3, -0.25) is 38.6 Å². The molecule has 4 fully saturated rings. The molecule has 0 bridgehead atoms. The number of hydrogen-bond donors (Lipinski definition) is 8. The van der Waals surface area contributed by atoms with Crippen LogP contribution in [0.3, 0.4) is 0 Å². The summed E-state index contributed by atoms with van der Waals surface area (Å²) in [6.45, 7) is 12.0. The minimum Gasteiger partial charge on any atom is -0.481 e. The van der Waals surface area contributed by atoms with Gasteiger partial charge in [0, 0.05) is 81.4 Å². The highest BCUT2D eigenvalue weighted by molar-refractivity contribution is 7.90. The molecule has 101 heavy (non-hydrogen) atoms. The molecule has 2 saturated heterocycles. The first kappa shape index (κ1) is 74.6. The Morgan fingerprint density at radius 3 is 2.08 bits per heavy atom. The molecule has 544 valence electrons. The van der Waals surface area contributed by atoms with Crippen LogP contribution in [0.25, 0.3) is 0 Å². The van der Waals surface area contributed by atoms with Gasteiger partial charge in [-0.05, 0) is 139 Å². The van der Waals surface area contributed by atoms with Gasteiger partial charge in [0.15, 0.2) is 0 Å². The molecular formula is C70H88F2N12O15S2. The molecule has 5 aliphatic heterocycles. The number of aliphatic carboxylic acids is 1. The molecule has 5 heterocycles. The summed E-state index contributed by atoms with van der Waals surface area (Å²) in [7, 11) is -4.82. The summed E-state index contributed by atoms with van der Waals surface area (Å²) in [5, 5.41) is 23.6. The number of nitrogens with one attached hydrogen (secondary N) is 7. The average molecular weight is 1440 g/mol. The van der Waals surface area contributed by atoms with E-state index in [4.69, 9.17) is 14.6 Å². The number of sulfonamides is 2. The third kappa shape index (κ3) is 18.0. The van der Waals surface area contributed by atoms with Gasteiger partial charge in [-0.1, -0.05) is 60.7 Å². The van der Waals surface area contributed by atoms with Gasteiger partial charge in [0.25, 0.3) is 31.9 Å². The number of hydrogen-bond acceptors (Lipinski definition) is 19. The number of rotatable bonds is 19. The summed E-state index contributed by atoms with van der Waals surface area (Å²) in [4.78, 5) is 113. The number of anilines is 2. The second kappa shape index (κ2) is 32.3. The molecule has 0 aromatic heterocycles. The van der Waals surface area contributed by atoms with Crippen molar-refractivity contribution in [3.8, 4) is 0 Å². The number of nitrogens with zero attached hydrogens (tertiary/aromatic N) is 5. The van der Waals surface area contributed by atoms with Crippen LogP contribution in [0.5, 0.6) is 0 Å². The van der Waals surface area contributed by atoms with E-state index in [2.05, 4.69) is 59.0 Å². The highest BCUT2D eigenvalue weighted by Crippen LogP contribution is 2.47. The second-order valence-corrected chi connectivity index (χ2v) is 30.1. The lowest BCUT2D eigenvalue weighted by molar-refractivity contribution is -0.140. The van der Waals surface area contributed by atoms with Crippen LogP contribution in [-0.4, -0.2) is 196 Å². The Morgan fingerprint density at radius 1 is 0.782 bits per heavy atom. The molecule has 0 unspecified atom stereocenters. The van der Waals surface area contributed by atoms with Crippen molar-refractivity contribution in [2.24, 2.45) is 11.8 Å². The third-order valence-corrected chi connectivity index (χ3v) is 22.3. The second-order valence-electron chi connectivity index (χ2n) is 26.8. The Bertz CT molecular complexity index is 4060. The monoisotopic (exact) mass is 1440 g/mol. The van der Waals surface area contributed by atoms with Gasteiger partial charge in [-0.25, -0.2) is 44.6 Å². The Balaban J connectivity index is 0.000000218. The molecule has 11 rings (SSSR count). The number of unbranched alkanes of at least 4 members (excludes halogenated alkanes) is 1. The Morgan fingerprint density at radius 2 is 1.43 bits per heavy atom. The maximum absolute atomic E-state index is 14.3. The van der Waals surface area contributed by atoms with E-state index in [0.717, 1.165) is 38.8 Å². The molecule has 2 aliphatic carbocycles.